The molecule has 0 saturated carbocycles. The van der Waals surface area contributed by atoms with E-state index in [1.807, 2.05) is 0 Å². The van der Waals surface area contributed by atoms with Crippen molar-refractivity contribution in [1.82, 2.24) is 5.32 Å². The van der Waals surface area contributed by atoms with Gasteiger partial charge in [-0.2, -0.15) is 0 Å². The summed E-state index contributed by atoms with van der Waals surface area (Å²) in [5.41, 5.74) is -1.55. The van der Waals surface area contributed by atoms with Crippen molar-refractivity contribution in [2.24, 2.45) is 5.41 Å². The summed E-state index contributed by atoms with van der Waals surface area (Å²) >= 11 is 0. The van der Waals surface area contributed by atoms with Crippen LogP contribution in [0.15, 0.2) is 18.2 Å². The first kappa shape index (κ1) is 16.1. The average molecular weight is 281 g/mol. The van der Waals surface area contributed by atoms with Crippen LogP contribution in [-0.2, 0) is 4.79 Å². The fourth-order valence-electron chi connectivity index (χ4n) is 1.59. The predicted molar refractivity (Wildman–Crippen MR) is 74.1 cm³/mol. The van der Waals surface area contributed by atoms with Crippen LogP contribution >= 0.6 is 0 Å². The molecule has 0 aliphatic carbocycles. The lowest BCUT2D eigenvalue weighted by molar-refractivity contribution is -0.150. The number of aliphatic carboxylic acids is 1. The number of aryl methyl sites for hydroxylation is 1. The molecule has 0 bridgehead atoms. The Hall–Kier alpha value is -1.91. The van der Waals surface area contributed by atoms with Crippen molar-refractivity contribution < 1.29 is 19.1 Å². The molecule has 0 atom stereocenters. The lowest BCUT2D eigenvalue weighted by atomic mass is 9.74. The molecular weight excluding hydrogens is 261 g/mol. The van der Waals surface area contributed by atoms with Crippen LogP contribution in [0.1, 0.15) is 43.6 Å². The molecule has 0 spiro atoms. The molecule has 0 aliphatic rings. The van der Waals surface area contributed by atoms with Crippen LogP contribution in [0.4, 0.5) is 4.39 Å². The smallest absolute Gasteiger partial charge is 0.311 e. The van der Waals surface area contributed by atoms with E-state index in [0.29, 0.717) is 0 Å². The van der Waals surface area contributed by atoms with Crippen LogP contribution in [-0.4, -0.2) is 22.5 Å². The maximum atomic E-state index is 13.7. The van der Waals surface area contributed by atoms with Gasteiger partial charge in [0.25, 0.3) is 5.91 Å². The minimum atomic E-state index is -1.19. The first-order valence-electron chi connectivity index (χ1n) is 6.31. The predicted octanol–water partition coefficient (Wildman–Crippen LogP) is 2.75. The number of carboxylic acids is 1. The Bertz CT molecular complexity index is 550. The number of nitrogens with one attached hydrogen (secondary N) is 1. The number of hydrogen-bond donors (Lipinski definition) is 2. The highest BCUT2D eigenvalue weighted by molar-refractivity contribution is 5.95. The van der Waals surface area contributed by atoms with Crippen LogP contribution in [0, 0.1) is 18.2 Å². The number of benzene rings is 1. The summed E-state index contributed by atoms with van der Waals surface area (Å²) < 4.78 is 13.7. The van der Waals surface area contributed by atoms with Gasteiger partial charge in [0.1, 0.15) is 5.82 Å². The maximum absolute atomic E-state index is 13.7. The van der Waals surface area contributed by atoms with Gasteiger partial charge in [0.2, 0.25) is 0 Å². The topological polar surface area (TPSA) is 66.4 Å². The minimum Gasteiger partial charge on any atom is -0.481 e. The molecule has 110 valence electrons. The Morgan fingerprint density at radius 3 is 2.25 bits per heavy atom. The summed E-state index contributed by atoms with van der Waals surface area (Å²) in [6, 6.07) is 4.23. The van der Waals surface area contributed by atoms with Crippen molar-refractivity contribution in [2.75, 3.05) is 0 Å². The molecule has 1 aromatic carbocycles. The van der Waals surface area contributed by atoms with Crippen molar-refractivity contribution in [3.05, 3.63) is 35.1 Å². The van der Waals surface area contributed by atoms with Gasteiger partial charge < -0.3 is 10.4 Å². The van der Waals surface area contributed by atoms with Gasteiger partial charge in [-0.05, 0) is 46.8 Å². The van der Waals surface area contributed by atoms with Crippen molar-refractivity contribution in [2.45, 2.75) is 40.2 Å². The monoisotopic (exact) mass is 281 g/mol. The second kappa shape index (κ2) is 5.23. The third-order valence-corrected chi connectivity index (χ3v) is 3.89. The number of hydrogen-bond acceptors (Lipinski definition) is 2. The molecule has 0 saturated heterocycles. The van der Waals surface area contributed by atoms with Crippen LogP contribution in [0.25, 0.3) is 0 Å². The molecular formula is C15H20FNO3. The fourth-order valence-corrected chi connectivity index (χ4v) is 1.59. The zero-order valence-electron chi connectivity index (χ0n) is 12.4. The fraction of sp³-hybridized carbons (Fsp3) is 0.467. The summed E-state index contributed by atoms with van der Waals surface area (Å²) in [4.78, 5) is 23.4. The van der Waals surface area contributed by atoms with Gasteiger partial charge in [-0.25, -0.2) is 4.39 Å². The van der Waals surface area contributed by atoms with Crippen molar-refractivity contribution in [1.29, 1.82) is 0 Å². The second-order valence-electron chi connectivity index (χ2n) is 5.99. The second-order valence-corrected chi connectivity index (χ2v) is 5.99. The Morgan fingerprint density at radius 1 is 1.20 bits per heavy atom. The van der Waals surface area contributed by atoms with Gasteiger partial charge in [-0.3, -0.25) is 9.59 Å². The standard InChI is InChI=1S/C15H20FNO3/c1-9-6-7-11(16)10(8-9)12(18)17-15(4,5)14(2,3)13(19)20/h6-8H,1-5H3,(H,17,18)(H,19,20). The van der Waals surface area contributed by atoms with E-state index < -0.39 is 28.6 Å². The molecule has 4 nitrogen and oxygen atoms in total. The summed E-state index contributed by atoms with van der Waals surface area (Å²) in [5, 5.41) is 11.8. The summed E-state index contributed by atoms with van der Waals surface area (Å²) in [6.45, 7) is 7.99. The Morgan fingerprint density at radius 2 is 1.75 bits per heavy atom. The van der Waals surface area contributed by atoms with E-state index in [0.717, 1.165) is 5.56 Å². The highest BCUT2D eigenvalue weighted by atomic mass is 19.1. The molecule has 5 heteroatoms. The third-order valence-electron chi connectivity index (χ3n) is 3.89. The zero-order chi connectivity index (χ0) is 15.7. The van der Waals surface area contributed by atoms with Crippen LogP contribution in [0.5, 0.6) is 0 Å². The van der Waals surface area contributed by atoms with Gasteiger partial charge in [-0.15, -0.1) is 0 Å². The van der Waals surface area contributed by atoms with E-state index in [1.165, 1.54) is 26.0 Å². The Balaban J connectivity index is 3.06. The average Bonchev–Trinajstić information content (AvgIpc) is 2.31. The quantitative estimate of drug-likeness (QED) is 0.891. The van der Waals surface area contributed by atoms with E-state index >= 15 is 0 Å². The largest absolute Gasteiger partial charge is 0.481 e. The number of carboxylic acid groups (broad SMARTS) is 1. The summed E-state index contributed by atoms with van der Waals surface area (Å²) in [6.07, 6.45) is 0. The molecule has 0 aromatic heterocycles. The third kappa shape index (κ3) is 2.98. The molecule has 0 radical (unpaired) electrons. The van der Waals surface area contributed by atoms with Gasteiger partial charge in [0.05, 0.1) is 16.5 Å². The van der Waals surface area contributed by atoms with Gasteiger partial charge >= 0.3 is 5.97 Å². The van der Waals surface area contributed by atoms with E-state index in [1.54, 1.807) is 26.8 Å². The normalized spacial score (nSPS) is 12.1. The van der Waals surface area contributed by atoms with Gasteiger partial charge in [-0.1, -0.05) is 11.6 Å². The van der Waals surface area contributed by atoms with Gasteiger partial charge in [0, 0.05) is 0 Å². The molecule has 1 rings (SSSR count). The van der Waals surface area contributed by atoms with E-state index in [9.17, 15) is 19.1 Å². The summed E-state index contributed by atoms with van der Waals surface area (Å²) in [7, 11) is 0. The van der Waals surface area contributed by atoms with E-state index in [-0.39, 0.29) is 5.56 Å². The minimum absolute atomic E-state index is 0.0840. The molecule has 0 fully saturated rings. The highest BCUT2D eigenvalue weighted by Crippen LogP contribution is 2.31. The molecule has 1 aromatic rings. The number of rotatable bonds is 4. The van der Waals surface area contributed by atoms with Gasteiger partial charge in [0.15, 0.2) is 0 Å². The first-order chi connectivity index (χ1) is 8.99. The molecule has 2 N–H and O–H groups in total. The molecule has 1 amide bonds. The number of carbonyl (C=O) groups excluding carboxylic acids is 1. The number of carbonyl (C=O) groups is 2. The molecule has 0 heterocycles. The Kier molecular flexibility index (Phi) is 4.22. The summed E-state index contributed by atoms with van der Waals surface area (Å²) in [5.74, 6) is -2.28. The Labute approximate surface area is 118 Å². The van der Waals surface area contributed by atoms with E-state index in [4.69, 9.17) is 0 Å². The van der Waals surface area contributed by atoms with Crippen molar-refractivity contribution >= 4 is 11.9 Å². The molecule has 20 heavy (non-hydrogen) atoms. The zero-order valence-corrected chi connectivity index (χ0v) is 12.4. The van der Waals surface area contributed by atoms with Crippen LogP contribution in [0.2, 0.25) is 0 Å². The lowest BCUT2D eigenvalue weighted by Crippen LogP contribution is -2.57. The SMILES string of the molecule is Cc1ccc(F)c(C(=O)NC(C)(C)C(C)(C)C(=O)O)c1. The van der Waals surface area contributed by atoms with Crippen LogP contribution < -0.4 is 5.32 Å². The first-order valence-corrected chi connectivity index (χ1v) is 6.31. The van der Waals surface area contributed by atoms with Crippen LogP contribution in [0.3, 0.4) is 0 Å². The molecule has 0 unspecified atom stereocenters. The number of halogens is 1. The lowest BCUT2D eigenvalue weighted by Gasteiger charge is -2.38. The highest BCUT2D eigenvalue weighted by Gasteiger charge is 2.44. The van der Waals surface area contributed by atoms with E-state index in [2.05, 4.69) is 5.32 Å². The van der Waals surface area contributed by atoms with Crippen molar-refractivity contribution in [3.8, 4) is 0 Å². The maximum Gasteiger partial charge on any atom is 0.311 e. The van der Waals surface area contributed by atoms with Crippen molar-refractivity contribution in [3.63, 3.8) is 0 Å². The number of amides is 1. The molecule has 0 aliphatic heterocycles.